The van der Waals surface area contributed by atoms with E-state index in [1.54, 1.807) is 24.3 Å². The number of rotatable bonds is 7. The first-order valence-corrected chi connectivity index (χ1v) is 7.89. The zero-order valence-electron chi connectivity index (χ0n) is 13.2. The molecule has 0 aliphatic rings. The summed E-state index contributed by atoms with van der Waals surface area (Å²) in [4.78, 5) is 10.9. The van der Waals surface area contributed by atoms with Crippen molar-refractivity contribution in [2.45, 2.75) is 13.0 Å². The fraction of sp³-hybridized carbons (Fsp3) is 0.150. The molecule has 0 aliphatic heterocycles. The molecule has 4 nitrogen and oxygen atoms in total. The molecule has 2 aromatic carbocycles. The number of furan rings is 1. The van der Waals surface area contributed by atoms with Gasteiger partial charge < -0.3 is 14.8 Å². The van der Waals surface area contributed by atoms with Crippen LogP contribution >= 0.6 is 0 Å². The molecule has 0 bridgehead atoms. The van der Waals surface area contributed by atoms with Crippen LogP contribution in [-0.4, -0.2) is 17.6 Å². The fourth-order valence-electron chi connectivity index (χ4n) is 2.49. The second kappa shape index (κ2) is 7.62. The van der Waals surface area contributed by atoms with Crippen molar-refractivity contribution in [3.05, 3.63) is 83.6 Å². The maximum atomic E-state index is 10.9. The second-order valence-corrected chi connectivity index (χ2v) is 5.56. The average Bonchev–Trinajstić information content (AvgIpc) is 3.09. The van der Waals surface area contributed by atoms with E-state index < -0.39 is 5.97 Å². The summed E-state index contributed by atoms with van der Waals surface area (Å²) in [5.74, 6) is 0.677. The molecule has 0 fully saturated rings. The third-order valence-electron chi connectivity index (χ3n) is 3.81. The SMILES string of the molecule is O=C(O)c1ccc(-c2ccc(CNCCc3ccccc3)o2)cc1. The van der Waals surface area contributed by atoms with Gasteiger partial charge in [-0.15, -0.1) is 0 Å². The Hall–Kier alpha value is -2.85. The molecule has 3 rings (SSSR count). The zero-order chi connectivity index (χ0) is 16.8. The molecule has 122 valence electrons. The monoisotopic (exact) mass is 321 g/mol. The summed E-state index contributed by atoms with van der Waals surface area (Å²) >= 11 is 0. The van der Waals surface area contributed by atoms with Crippen LogP contribution in [0.4, 0.5) is 0 Å². The van der Waals surface area contributed by atoms with E-state index in [9.17, 15) is 4.79 Å². The highest BCUT2D eigenvalue weighted by Gasteiger charge is 2.07. The number of nitrogens with one attached hydrogen (secondary N) is 1. The normalized spacial score (nSPS) is 10.7. The Morgan fingerprint density at radius 3 is 2.42 bits per heavy atom. The minimum atomic E-state index is -0.927. The minimum Gasteiger partial charge on any atom is -0.478 e. The summed E-state index contributed by atoms with van der Waals surface area (Å²) in [6.07, 6.45) is 0.977. The molecular formula is C20H19NO3. The molecule has 0 unspecified atom stereocenters. The molecule has 0 saturated heterocycles. The molecular weight excluding hydrogens is 302 g/mol. The highest BCUT2D eigenvalue weighted by molar-refractivity contribution is 5.88. The predicted molar refractivity (Wildman–Crippen MR) is 93.0 cm³/mol. The Labute approximate surface area is 140 Å². The fourth-order valence-corrected chi connectivity index (χ4v) is 2.49. The summed E-state index contributed by atoms with van der Waals surface area (Å²) in [6, 6.07) is 20.9. The summed E-state index contributed by atoms with van der Waals surface area (Å²) in [7, 11) is 0. The van der Waals surface area contributed by atoms with Crippen LogP contribution in [0, 0.1) is 0 Å². The van der Waals surface area contributed by atoms with Crippen molar-refractivity contribution >= 4 is 5.97 Å². The largest absolute Gasteiger partial charge is 0.478 e. The van der Waals surface area contributed by atoms with Crippen molar-refractivity contribution < 1.29 is 14.3 Å². The van der Waals surface area contributed by atoms with Gasteiger partial charge in [0.25, 0.3) is 0 Å². The molecule has 0 radical (unpaired) electrons. The third kappa shape index (κ3) is 4.12. The van der Waals surface area contributed by atoms with Crippen LogP contribution in [0.1, 0.15) is 21.7 Å². The molecule has 1 heterocycles. The number of aromatic carboxylic acids is 1. The van der Waals surface area contributed by atoms with Crippen molar-refractivity contribution in [2.75, 3.05) is 6.54 Å². The van der Waals surface area contributed by atoms with E-state index in [0.29, 0.717) is 6.54 Å². The quantitative estimate of drug-likeness (QED) is 0.646. The van der Waals surface area contributed by atoms with Crippen LogP contribution in [0.25, 0.3) is 11.3 Å². The molecule has 0 amide bonds. The Bertz CT molecular complexity index is 791. The summed E-state index contributed by atoms with van der Waals surface area (Å²) in [6.45, 7) is 1.55. The number of benzene rings is 2. The van der Waals surface area contributed by atoms with Gasteiger partial charge in [-0.3, -0.25) is 0 Å². The van der Waals surface area contributed by atoms with Gasteiger partial charge in [-0.05, 0) is 42.8 Å². The summed E-state index contributed by atoms with van der Waals surface area (Å²) < 4.78 is 5.81. The minimum absolute atomic E-state index is 0.271. The van der Waals surface area contributed by atoms with E-state index in [1.165, 1.54) is 5.56 Å². The van der Waals surface area contributed by atoms with E-state index in [0.717, 1.165) is 30.0 Å². The number of carbonyl (C=O) groups is 1. The van der Waals surface area contributed by atoms with E-state index in [-0.39, 0.29) is 5.56 Å². The van der Waals surface area contributed by atoms with Crippen LogP contribution in [-0.2, 0) is 13.0 Å². The smallest absolute Gasteiger partial charge is 0.335 e. The van der Waals surface area contributed by atoms with Crippen LogP contribution in [0.15, 0.2) is 71.1 Å². The van der Waals surface area contributed by atoms with Gasteiger partial charge in [0.1, 0.15) is 11.5 Å². The first kappa shape index (κ1) is 16.0. The highest BCUT2D eigenvalue weighted by atomic mass is 16.4. The third-order valence-corrected chi connectivity index (χ3v) is 3.81. The van der Waals surface area contributed by atoms with Crippen molar-refractivity contribution in [1.82, 2.24) is 5.32 Å². The van der Waals surface area contributed by atoms with Crippen LogP contribution in [0.3, 0.4) is 0 Å². The standard InChI is InChI=1S/C20H19NO3/c22-20(23)17-8-6-16(7-9-17)19-11-10-18(24-19)14-21-13-12-15-4-2-1-3-5-15/h1-11,21H,12-14H2,(H,22,23). The van der Waals surface area contributed by atoms with E-state index in [2.05, 4.69) is 17.4 Å². The van der Waals surface area contributed by atoms with Crippen LogP contribution in [0.5, 0.6) is 0 Å². The number of carboxylic acids is 1. The summed E-state index contributed by atoms with van der Waals surface area (Å²) in [5, 5.41) is 12.3. The lowest BCUT2D eigenvalue weighted by molar-refractivity contribution is 0.0697. The predicted octanol–water partition coefficient (Wildman–Crippen LogP) is 3.98. The first-order valence-electron chi connectivity index (χ1n) is 7.89. The maximum absolute atomic E-state index is 10.9. The van der Waals surface area contributed by atoms with Gasteiger partial charge >= 0.3 is 5.97 Å². The number of hydrogen-bond donors (Lipinski definition) is 2. The van der Waals surface area contributed by atoms with Crippen molar-refractivity contribution in [2.24, 2.45) is 0 Å². The van der Waals surface area contributed by atoms with E-state index >= 15 is 0 Å². The Kier molecular flexibility index (Phi) is 5.08. The highest BCUT2D eigenvalue weighted by Crippen LogP contribution is 2.22. The molecule has 0 saturated carbocycles. The van der Waals surface area contributed by atoms with Gasteiger partial charge in [-0.25, -0.2) is 4.79 Å². The van der Waals surface area contributed by atoms with Gasteiger partial charge in [-0.2, -0.15) is 0 Å². The molecule has 2 N–H and O–H groups in total. The molecule has 24 heavy (non-hydrogen) atoms. The molecule has 1 aromatic heterocycles. The van der Waals surface area contributed by atoms with Crippen molar-refractivity contribution in [3.63, 3.8) is 0 Å². The van der Waals surface area contributed by atoms with E-state index in [1.807, 2.05) is 30.3 Å². The van der Waals surface area contributed by atoms with Gasteiger partial charge in [0.2, 0.25) is 0 Å². The summed E-state index contributed by atoms with van der Waals surface area (Å²) in [5.41, 5.74) is 2.45. The van der Waals surface area contributed by atoms with Crippen molar-refractivity contribution in [3.8, 4) is 11.3 Å². The molecule has 0 atom stereocenters. The van der Waals surface area contributed by atoms with Gasteiger partial charge in [0.15, 0.2) is 0 Å². The topological polar surface area (TPSA) is 62.5 Å². The molecule has 0 aliphatic carbocycles. The first-order chi connectivity index (χ1) is 11.7. The Balaban J connectivity index is 1.52. The van der Waals surface area contributed by atoms with Crippen LogP contribution < -0.4 is 5.32 Å². The van der Waals surface area contributed by atoms with Crippen LogP contribution in [0.2, 0.25) is 0 Å². The van der Waals surface area contributed by atoms with Gasteiger partial charge in [0, 0.05) is 5.56 Å². The lowest BCUT2D eigenvalue weighted by Gasteiger charge is -2.03. The van der Waals surface area contributed by atoms with Gasteiger partial charge in [0.05, 0.1) is 12.1 Å². The maximum Gasteiger partial charge on any atom is 0.335 e. The Morgan fingerprint density at radius 2 is 1.71 bits per heavy atom. The lowest BCUT2D eigenvalue weighted by atomic mass is 10.1. The lowest BCUT2D eigenvalue weighted by Crippen LogP contribution is -2.16. The molecule has 0 spiro atoms. The Morgan fingerprint density at radius 1 is 0.958 bits per heavy atom. The average molecular weight is 321 g/mol. The van der Waals surface area contributed by atoms with Crippen molar-refractivity contribution in [1.29, 1.82) is 0 Å². The number of hydrogen-bond acceptors (Lipinski definition) is 3. The molecule has 3 aromatic rings. The zero-order valence-corrected chi connectivity index (χ0v) is 13.2. The molecule has 4 heteroatoms. The van der Waals surface area contributed by atoms with Gasteiger partial charge in [-0.1, -0.05) is 42.5 Å². The number of carboxylic acid groups (broad SMARTS) is 1. The van der Waals surface area contributed by atoms with E-state index in [4.69, 9.17) is 9.52 Å². The second-order valence-electron chi connectivity index (χ2n) is 5.56.